The third-order valence-electron chi connectivity index (χ3n) is 7.62. The van der Waals surface area contributed by atoms with E-state index < -0.39 is 5.97 Å². The Bertz CT molecular complexity index is 1160. The summed E-state index contributed by atoms with van der Waals surface area (Å²) in [5, 5.41) is 11.4. The van der Waals surface area contributed by atoms with Crippen molar-refractivity contribution in [1.29, 1.82) is 0 Å². The summed E-state index contributed by atoms with van der Waals surface area (Å²) in [6.45, 7) is 3.55. The minimum Gasteiger partial charge on any atom is -0.496 e. The zero-order valence-electron chi connectivity index (χ0n) is 19.5. The van der Waals surface area contributed by atoms with Gasteiger partial charge in [-0.25, -0.2) is 0 Å². The van der Waals surface area contributed by atoms with Crippen molar-refractivity contribution in [3.8, 4) is 16.9 Å². The standard InChI is InChI=1S/C29H33NO3/c1-33-26-11-3-7-22(14-19-30-18-5-15-29(20-30)16-17-29)28(26)25-10-4-8-23-21(12-13-27(31)32)6-2-9-24(23)25/h2-4,6-11H,5,12-20H2,1H3,(H,31,32). The van der Waals surface area contributed by atoms with Crippen LogP contribution in [0.2, 0.25) is 0 Å². The van der Waals surface area contributed by atoms with Gasteiger partial charge < -0.3 is 14.7 Å². The summed E-state index contributed by atoms with van der Waals surface area (Å²) in [5.74, 6) is 0.133. The number of aliphatic carboxylic acids is 1. The number of piperidine rings is 1. The molecule has 1 saturated carbocycles. The van der Waals surface area contributed by atoms with E-state index in [9.17, 15) is 4.79 Å². The molecule has 0 unspecified atom stereocenters. The molecule has 4 nitrogen and oxygen atoms in total. The van der Waals surface area contributed by atoms with Crippen LogP contribution in [0.1, 0.15) is 43.2 Å². The Labute approximate surface area is 196 Å². The number of rotatable bonds is 8. The van der Waals surface area contributed by atoms with Crippen LogP contribution >= 0.6 is 0 Å². The van der Waals surface area contributed by atoms with Crippen molar-refractivity contribution in [2.75, 3.05) is 26.7 Å². The first-order valence-electron chi connectivity index (χ1n) is 12.2. The molecule has 1 aliphatic heterocycles. The van der Waals surface area contributed by atoms with Crippen molar-refractivity contribution < 1.29 is 14.6 Å². The number of nitrogens with zero attached hydrogens (tertiary/aromatic N) is 1. The molecule has 1 spiro atoms. The van der Waals surface area contributed by atoms with Gasteiger partial charge in [0.05, 0.1) is 7.11 Å². The van der Waals surface area contributed by atoms with Gasteiger partial charge in [-0.1, -0.05) is 48.5 Å². The number of benzene rings is 3. The number of aryl methyl sites for hydroxylation is 1. The summed E-state index contributed by atoms with van der Waals surface area (Å²) in [6.07, 6.45) is 7.23. The lowest BCUT2D eigenvalue weighted by Crippen LogP contribution is -2.37. The van der Waals surface area contributed by atoms with Crippen LogP contribution in [0.25, 0.3) is 21.9 Å². The highest BCUT2D eigenvalue weighted by Gasteiger charge is 2.45. The Morgan fingerprint density at radius 1 is 0.970 bits per heavy atom. The molecular formula is C29H33NO3. The van der Waals surface area contributed by atoms with Gasteiger partial charge in [0.1, 0.15) is 5.75 Å². The van der Waals surface area contributed by atoms with Crippen LogP contribution in [0, 0.1) is 5.41 Å². The summed E-state index contributed by atoms with van der Waals surface area (Å²) in [6, 6.07) is 19.0. The number of carbonyl (C=O) groups is 1. The average Bonchev–Trinajstić information content (AvgIpc) is 3.58. The van der Waals surface area contributed by atoms with Crippen LogP contribution in [-0.4, -0.2) is 42.7 Å². The molecule has 1 N–H and O–H groups in total. The average molecular weight is 444 g/mol. The first kappa shape index (κ1) is 22.0. The molecule has 2 aliphatic rings. The molecule has 0 aromatic heterocycles. The zero-order valence-corrected chi connectivity index (χ0v) is 19.5. The molecule has 2 fully saturated rings. The third kappa shape index (κ3) is 4.63. The lowest BCUT2D eigenvalue weighted by molar-refractivity contribution is -0.136. The Kier molecular flexibility index (Phi) is 6.11. The van der Waals surface area contributed by atoms with E-state index in [1.54, 1.807) is 7.11 Å². The lowest BCUT2D eigenvalue weighted by Gasteiger charge is -2.33. The number of ether oxygens (including phenoxy) is 1. The number of methoxy groups -OCH3 is 1. The summed E-state index contributed by atoms with van der Waals surface area (Å²) in [7, 11) is 1.74. The number of carboxylic acid groups (broad SMARTS) is 1. The molecule has 5 rings (SSSR count). The van der Waals surface area contributed by atoms with E-state index in [1.165, 1.54) is 49.9 Å². The fourth-order valence-electron chi connectivity index (χ4n) is 5.68. The van der Waals surface area contributed by atoms with Crippen LogP contribution in [0.3, 0.4) is 0 Å². The molecule has 0 amide bonds. The number of hydrogen-bond acceptors (Lipinski definition) is 3. The summed E-state index contributed by atoms with van der Waals surface area (Å²) < 4.78 is 5.84. The molecule has 1 aliphatic carbocycles. The van der Waals surface area contributed by atoms with Crippen LogP contribution in [0.4, 0.5) is 0 Å². The highest BCUT2D eigenvalue weighted by molar-refractivity contribution is 6.00. The molecular weight excluding hydrogens is 410 g/mol. The van der Waals surface area contributed by atoms with Crippen molar-refractivity contribution in [1.82, 2.24) is 4.90 Å². The molecule has 0 bridgehead atoms. The van der Waals surface area contributed by atoms with E-state index >= 15 is 0 Å². The first-order chi connectivity index (χ1) is 16.1. The SMILES string of the molecule is COc1cccc(CCN2CCCC3(CC3)C2)c1-c1cccc2c(CCC(=O)O)cccc12. The Hall–Kier alpha value is -2.85. The Morgan fingerprint density at radius 2 is 1.73 bits per heavy atom. The number of fused-ring (bicyclic) bond motifs is 1. The maximum absolute atomic E-state index is 11.2. The van der Waals surface area contributed by atoms with E-state index in [0.29, 0.717) is 11.8 Å². The molecule has 4 heteroatoms. The summed E-state index contributed by atoms with van der Waals surface area (Å²) in [5.41, 5.74) is 5.36. The highest BCUT2D eigenvalue weighted by Crippen LogP contribution is 2.52. The fraction of sp³-hybridized carbons (Fsp3) is 0.414. The number of carboxylic acids is 1. The monoisotopic (exact) mass is 443 g/mol. The van der Waals surface area contributed by atoms with E-state index in [-0.39, 0.29) is 6.42 Å². The van der Waals surface area contributed by atoms with Crippen molar-refractivity contribution >= 4 is 16.7 Å². The molecule has 3 aromatic carbocycles. The smallest absolute Gasteiger partial charge is 0.303 e. The summed E-state index contributed by atoms with van der Waals surface area (Å²) >= 11 is 0. The van der Waals surface area contributed by atoms with Gasteiger partial charge in [0.25, 0.3) is 0 Å². The second-order valence-electron chi connectivity index (χ2n) is 9.84. The molecule has 1 saturated heterocycles. The Morgan fingerprint density at radius 3 is 2.52 bits per heavy atom. The maximum Gasteiger partial charge on any atom is 0.303 e. The van der Waals surface area contributed by atoms with E-state index in [0.717, 1.165) is 40.6 Å². The van der Waals surface area contributed by atoms with Crippen molar-refractivity contribution in [2.45, 2.75) is 44.9 Å². The second kappa shape index (κ2) is 9.18. The topological polar surface area (TPSA) is 49.8 Å². The third-order valence-corrected chi connectivity index (χ3v) is 7.62. The normalized spacial score (nSPS) is 17.4. The molecule has 33 heavy (non-hydrogen) atoms. The van der Waals surface area contributed by atoms with Gasteiger partial charge in [0.2, 0.25) is 0 Å². The second-order valence-corrected chi connectivity index (χ2v) is 9.84. The van der Waals surface area contributed by atoms with Gasteiger partial charge in [-0.3, -0.25) is 4.79 Å². The highest BCUT2D eigenvalue weighted by atomic mass is 16.5. The number of likely N-dealkylation sites (tertiary alicyclic amines) is 1. The predicted molar refractivity (Wildman–Crippen MR) is 133 cm³/mol. The van der Waals surface area contributed by atoms with Crippen LogP contribution in [0.5, 0.6) is 5.75 Å². The van der Waals surface area contributed by atoms with Crippen LogP contribution < -0.4 is 4.74 Å². The minimum absolute atomic E-state index is 0.139. The van der Waals surface area contributed by atoms with Gasteiger partial charge in [-0.2, -0.15) is 0 Å². The van der Waals surface area contributed by atoms with Gasteiger partial charge >= 0.3 is 5.97 Å². The molecule has 1 heterocycles. The molecule has 0 radical (unpaired) electrons. The summed E-state index contributed by atoms with van der Waals surface area (Å²) in [4.78, 5) is 13.8. The van der Waals surface area contributed by atoms with Crippen molar-refractivity contribution in [3.05, 3.63) is 65.7 Å². The van der Waals surface area contributed by atoms with E-state index in [2.05, 4.69) is 41.3 Å². The number of hydrogen-bond donors (Lipinski definition) is 1. The largest absolute Gasteiger partial charge is 0.496 e. The van der Waals surface area contributed by atoms with Gasteiger partial charge in [0, 0.05) is 25.1 Å². The lowest BCUT2D eigenvalue weighted by atomic mass is 9.90. The quantitative estimate of drug-likeness (QED) is 0.467. The van der Waals surface area contributed by atoms with E-state index in [1.807, 2.05) is 18.2 Å². The van der Waals surface area contributed by atoms with Crippen LogP contribution in [-0.2, 0) is 17.6 Å². The van der Waals surface area contributed by atoms with Crippen LogP contribution in [0.15, 0.2) is 54.6 Å². The van der Waals surface area contributed by atoms with Gasteiger partial charge in [-0.05, 0) is 84.0 Å². The van der Waals surface area contributed by atoms with E-state index in [4.69, 9.17) is 9.84 Å². The molecule has 0 atom stereocenters. The zero-order chi connectivity index (χ0) is 22.8. The predicted octanol–water partition coefficient (Wildman–Crippen LogP) is 5.95. The van der Waals surface area contributed by atoms with Gasteiger partial charge in [-0.15, -0.1) is 0 Å². The Balaban J connectivity index is 1.49. The first-order valence-corrected chi connectivity index (χ1v) is 12.2. The molecule has 3 aromatic rings. The van der Waals surface area contributed by atoms with Gasteiger partial charge in [0.15, 0.2) is 0 Å². The minimum atomic E-state index is -0.763. The molecule has 172 valence electrons. The maximum atomic E-state index is 11.2. The van der Waals surface area contributed by atoms with Crippen molar-refractivity contribution in [2.24, 2.45) is 5.41 Å². The van der Waals surface area contributed by atoms with Crippen molar-refractivity contribution in [3.63, 3.8) is 0 Å². The fourth-order valence-corrected chi connectivity index (χ4v) is 5.68.